The number of fused-ring (bicyclic) bond motifs is 1. The Morgan fingerprint density at radius 2 is 2.00 bits per heavy atom. The number of nitrogens with one attached hydrogen (secondary N) is 4. The summed E-state index contributed by atoms with van der Waals surface area (Å²) < 4.78 is 0. The van der Waals surface area contributed by atoms with E-state index in [2.05, 4.69) is 25.5 Å². The SMILES string of the molecule is Cc1ccc2[nH]c(=O)c(CNCc3n[nH]c(=O)[nH]3)cc2c1. The highest BCUT2D eigenvalue weighted by molar-refractivity contribution is 5.79. The van der Waals surface area contributed by atoms with Crippen molar-refractivity contribution in [2.45, 2.75) is 20.0 Å². The van der Waals surface area contributed by atoms with E-state index in [1.165, 1.54) is 0 Å². The molecule has 0 atom stereocenters. The molecule has 0 saturated carbocycles. The molecule has 0 bridgehead atoms. The molecule has 0 fully saturated rings. The van der Waals surface area contributed by atoms with Crippen molar-refractivity contribution in [3.05, 3.63) is 62.1 Å². The van der Waals surface area contributed by atoms with Crippen LogP contribution >= 0.6 is 0 Å². The average molecular weight is 285 g/mol. The summed E-state index contributed by atoms with van der Waals surface area (Å²) in [7, 11) is 0. The number of H-pyrrole nitrogens is 3. The second kappa shape index (κ2) is 5.37. The number of aryl methyl sites for hydroxylation is 1. The summed E-state index contributed by atoms with van der Waals surface area (Å²) >= 11 is 0. The van der Waals surface area contributed by atoms with Gasteiger partial charge in [0.15, 0.2) is 0 Å². The number of nitrogens with zero attached hydrogens (tertiary/aromatic N) is 1. The predicted octanol–water partition coefficient (Wildman–Crippen LogP) is 0.538. The first-order valence-corrected chi connectivity index (χ1v) is 6.59. The maximum Gasteiger partial charge on any atom is 0.340 e. The molecule has 3 aromatic rings. The van der Waals surface area contributed by atoms with Crippen LogP contribution in [0.1, 0.15) is 17.0 Å². The van der Waals surface area contributed by atoms with Gasteiger partial charge in [0.1, 0.15) is 5.82 Å². The van der Waals surface area contributed by atoms with Gasteiger partial charge in [-0.15, -0.1) is 0 Å². The van der Waals surface area contributed by atoms with E-state index in [0.29, 0.717) is 24.5 Å². The van der Waals surface area contributed by atoms with Gasteiger partial charge in [0.2, 0.25) is 0 Å². The molecule has 7 heteroatoms. The molecule has 0 unspecified atom stereocenters. The van der Waals surface area contributed by atoms with Crippen LogP contribution in [0.25, 0.3) is 10.9 Å². The lowest BCUT2D eigenvalue weighted by Gasteiger charge is -2.05. The van der Waals surface area contributed by atoms with Crippen molar-refractivity contribution in [2.24, 2.45) is 0 Å². The van der Waals surface area contributed by atoms with Crippen molar-refractivity contribution in [1.82, 2.24) is 25.5 Å². The minimum absolute atomic E-state index is 0.116. The Hall–Kier alpha value is -2.67. The lowest BCUT2D eigenvalue weighted by molar-refractivity contribution is 0.661. The van der Waals surface area contributed by atoms with E-state index in [4.69, 9.17) is 0 Å². The lowest BCUT2D eigenvalue weighted by atomic mass is 10.1. The van der Waals surface area contributed by atoms with Crippen LogP contribution in [0.15, 0.2) is 33.9 Å². The Balaban J connectivity index is 1.78. The summed E-state index contributed by atoms with van der Waals surface area (Å²) in [6, 6.07) is 7.77. The second-order valence-electron chi connectivity index (χ2n) is 4.94. The van der Waals surface area contributed by atoms with Gasteiger partial charge in [-0.2, -0.15) is 5.10 Å². The van der Waals surface area contributed by atoms with Gasteiger partial charge >= 0.3 is 5.69 Å². The number of benzene rings is 1. The molecule has 108 valence electrons. The fourth-order valence-electron chi connectivity index (χ4n) is 2.21. The van der Waals surface area contributed by atoms with E-state index < -0.39 is 0 Å². The highest BCUT2D eigenvalue weighted by Gasteiger charge is 2.04. The van der Waals surface area contributed by atoms with E-state index >= 15 is 0 Å². The Bertz CT molecular complexity index is 890. The third-order valence-corrected chi connectivity index (χ3v) is 3.23. The van der Waals surface area contributed by atoms with Gasteiger partial charge in [0, 0.05) is 17.6 Å². The summed E-state index contributed by atoms with van der Waals surface area (Å²) in [5, 5.41) is 10.2. The van der Waals surface area contributed by atoms with Crippen LogP contribution in [0.3, 0.4) is 0 Å². The molecule has 2 heterocycles. The van der Waals surface area contributed by atoms with Crippen molar-refractivity contribution in [2.75, 3.05) is 0 Å². The van der Waals surface area contributed by atoms with Gasteiger partial charge in [-0.25, -0.2) is 9.89 Å². The van der Waals surface area contributed by atoms with Gasteiger partial charge in [-0.05, 0) is 30.5 Å². The standard InChI is InChI=1S/C14H15N5O2/c1-8-2-3-11-9(4-8)5-10(13(20)16-11)6-15-7-12-17-14(21)19-18-12/h2-5,15H,6-7H2,1H3,(H,16,20)(H2,17,18,19,21). The zero-order chi connectivity index (χ0) is 14.8. The molecule has 1 aromatic carbocycles. The van der Waals surface area contributed by atoms with Crippen LogP contribution in [0.4, 0.5) is 0 Å². The number of aromatic nitrogens is 4. The molecule has 0 radical (unpaired) electrons. The third-order valence-electron chi connectivity index (χ3n) is 3.23. The maximum absolute atomic E-state index is 12.0. The van der Waals surface area contributed by atoms with Crippen LogP contribution in [-0.2, 0) is 13.1 Å². The minimum Gasteiger partial charge on any atom is -0.322 e. The molecule has 0 aliphatic heterocycles. The Labute approximate surface area is 119 Å². The summed E-state index contributed by atoms with van der Waals surface area (Å²) in [6.07, 6.45) is 0. The molecule has 7 nitrogen and oxygen atoms in total. The van der Waals surface area contributed by atoms with Crippen LogP contribution in [-0.4, -0.2) is 20.2 Å². The molecular weight excluding hydrogens is 270 g/mol. The topological polar surface area (TPSA) is 106 Å². The van der Waals surface area contributed by atoms with Crippen LogP contribution in [0.2, 0.25) is 0 Å². The minimum atomic E-state index is -0.342. The molecule has 21 heavy (non-hydrogen) atoms. The molecule has 0 aliphatic rings. The fourth-order valence-corrected chi connectivity index (χ4v) is 2.21. The summed E-state index contributed by atoms with van der Waals surface area (Å²) in [5.74, 6) is 0.507. The van der Waals surface area contributed by atoms with Gasteiger partial charge in [-0.1, -0.05) is 11.6 Å². The summed E-state index contributed by atoms with van der Waals surface area (Å²) in [6.45, 7) is 2.79. The largest absolute Gasteiger partial charge is 0.340 e. The number of hydrogen-bond donors (Lipinski definition) is 4. The number of hydrogen-bond acceptors (Lipinski definition) is 4. The second-order valence-corrected chi connectivity index (χ2v) is 4.94. The zero-order valence-corrected chi connectivity index (χ0v) is 11.5. The molecule has 0 saturated heterocycles. The van der Waals surface area contributed by atoms with E-state index in [1.807, 2.05) is 31.2 Å². The van der Waals surface area contributed by atoms with E-state index in [9.17, 15) is 9.59 Å². The monoisotopic (exact) mass is 285 g/mol. The Morgan fingerprint density at radius 1 is 1.14 bits per heavy atom. The first kappa shape index (κ1) is 13.3. The van der Waals surface area contributed by atoms with Gasteiger partial charge in [-0.3, -0.25) is 9.78 Å². The first-order valence-electron chi connectivity index (χ1n) is 6.59. The fraction of sp³-hybridized carbons (Fsp3) is 0.214. The van der Waals surface area contributed by atoms with E-state index in [1.54, 1.807) is 0 Å². The van der Waals surface area contributed by atoms with Gasteiger partial charge < -0.3 is 10.3 Å². The number of rotatable bonds is 4. The molecule has 4 N–H and O–H groups in total. The van der Waals surface area contributed by atoms with E-state index in [0.717, 1.165) is 16.5 Å². The van der Waals surface area contributed by atoms with Crippen LogP contribution in [0, 0.1) is 6.92 Å². The Kier molecular flexibility index (Phi) is 3.41. The van der Waals surface area contributed by atoms with Crippen LogP contribution in [0.5, 0.6) is 0 Å². The summed E-state index contributed by atoms with van der Waals surface area (Å²) in [4.78, 5) is 28.3. The van der Waals surface area contributed by atoms with Gasteiger partial charge in [0.05, 0.1) is 6.54 Å². The zero-order valence-electron chi connectivity index (χ0n) is 11.5. The highest BCUT2D eigenvalue weighted by Crippen LogP contribution is 2.13. The normalized spacial score (nSPS) is 11.1. The molecule has 2 aromatic heterocycles. The molecular formula is C14H15N5O2. The van der Waals surface area contributed by atoms with Crippen molar-refractivity contribution in [3.8, 4) is 0 Å². The molecule has 0 amide bonds. The third kappa shape index (κ3) is 2.92. The Morgan fingerprint density at radius 3 is 2.76 bits per heavy atom. The first-order chi connectivity index (χ1) is 10.1. The van der Waals surface area contributed by atoms with Crippen molar-refractivity contribution in [1.29, 1.82) is 0 Å². The smallest absolute Gasteiger partial charge is 0.322 e. The molecule has 0 aliphatic carbocycles. The summed E-state index contributed by atoms with van der Waals surface area (Å²) in [5.41, 5.74) is 2.15. The van der Waals surface area contributed by atoms with Crippen molar-refractivity contribution >= 4 is 10.9 Å². The maximum atomic E-state index is 12.0. The highest BCUT2D eigenvalue weighted by atomic mass is 16.1. The van der Waals surface area contributed by atoms with E-state index in [-0.39, 0.29) is 11.2 Å². The van der Waals surface area contributed by atoms with Crippen molar-refractivity contribution in [3.63, 3.8) is 0 Å². The van der Waals surface area contributed by atoms with Gasteiger partial charge in [0.25, 0.3) is 5.56 Å². The molecule has 0 spiro atoms. The average Bonchev–Trinajstić information content (AvgIpc) is 2.85. The van der Waals surface area contributed by atoms with Crippen molar-refractivity contribution < 1.29 is 0 Å². The number of aromatic amines is 3. The quantitative estimate of drug-likeness (QED) is 0.561. The number of pyridine rings is 1. The molecule has 3 rings (SSSR count). The predicted molar refractivity (Wildman–Crippen MR) is 79.1 cm³/mol. The lowest BCUT2D eigenvalue weighted by Crippen LogP contribution is -2.21. The van der Waals surface area contributed by atoms with Crippen LogP contribution < -0.4 is 16.6 Å².